The molecule has 3 heterocycles. The quantitative estimate of drug-likeness (QED) is 0.715. The second-order valence-electron chi connectivity index (χ2n) is 7.08. The molecule has 0 aromatic heterocycles. The highest BCUT2D eigenvalue weighted by atomic mass is 32.2. The highest BCUT2D eigenvalue weighted by molar-refractivity contribution is 8.02. The predicted octanol–water partition coefficient (Wildman–Crippen LogP) is 3.34. The summed E-state index contributed by atoms with van der Waals surface area (Å²) in [5.74, 6) is 1.03. The van der Waals surface area contributed by atoms with Gasteiger partial charge in [-0.3, -0.25) is 4.99 Å². The molecular formula is C20H24N4S. The minimum atomic E-state index is -0.0493. The van der Waals surface area contributed by atoms with Crippen LogP contribution in [-0.2, 0) is 0 Å². The molecule has 1 fully saturated rings. The Morgan fingerprint density at radius 2 is 2.20 bits per heavy atom. The van der Waals surface area contributed by atoms with Gasteiger partial charge in [-0.15, -0.1) is 11.8 Å². The number of hydrogen-bond donors (Lipinski definition) is 0. The van der Waals surface area contributed by atoms with Crippen LogP contribution in [0.4, 0.5) is 0 Å². The molecule has 3 aliphatic heterocycles. The van der Waals surface area contributed by atoms with Crippen molar-refractivity contribution in [2.45, 2.75) is 19.8 Å². The first kappa shape index (κ1) is 16.7. The minimum absolute atomic E-state index is 0.0493. The number of likely N-dealkylation sites (N-methyl/N-ethyl adjacent to an activating group) is 1. The molecule has 4 rings (SSSR count). The second kappa shape index (κ2) is 6.86. The third-order valence-corrected chi connectivity index (χ3v) is 6.84. The Morgan fingerprint density at radius 3 is 2.96 bits per heavy atom. The van der Waals surface area contributed by atoms with Crippen molar-refractivity contribution >= 4 is 18.0 Å². The highest BCUT2D eigenvalue weighted by Gasteiger charge is 2.46. The molecule has 1 unspecified atom stereocenters. The summed E-state index contributed by atoms with van der Waals surface area (Å²) in [4.78, 5) is 9.85. The first-order valence-corrected chi connectivity index (χ1v) is 10.1. The maximum absolute atomic E-state index is 9.09. The molecule has 1 saturated heterocycles. The van der Waals surface area contributed by atoms with Crippen molar-refractivity contribution in [2.24, 2.45) is 10.4 Å². The summed E-state index contributed by atoms with van der Waals surface area (Å²) in [6.07, 6.45) is 9.93. The van der Waals surface area contributed by atoms with Gasteiger partial charge in [0.1, 0.15) is 0 Å². The Morgan fingerprint density at radius 1 is 1.36 bits per heavy atom. The number of aliphatic imine (C=N–C) groups is 1. The summed E-state index contributed by atoms with van der Waals surface area (Å²) in [7, 11) is 0. The molecule has 0 N–H and O–H groups in total. The van der Waals surface area contributed by atoms with Crippen molar-refractivity contribution in [3.05, 3.63) is 46.2 Å². The van der Waals surface area contributed by atoms with Crippen LogP contribution in [0.1, 0.15) is 19.8 Å². The van der Waals surface area contributed by atoms with Gasteiger partial charge in [0.15, 0.2) is 0 Å². The number of rotatable bonds is 2. The number of nitriles is 1. The molecule has 0 radical (unpaired) electrons. The van der Waals surface area contributed by atoms with Crippen LogP contribution in [0.5, 0.6) is 0 Å². The van der Waals surface area contributed by atoms with E-state index in [1.54, 1.807) is 6.08 Å². The summed E-state index contributed by atoms with van der Waals surface area (Å²) in [5.41, 5.74) is 5.12. The lowest BCUT2D eigenvalue weighted by atomic mass is 9.70. The topological polar surface area (TPSA) is 42.6 Å². The lowest BCUT2D eigenvalue weighted by Gasteiger charge is -2.41. The van der Waals surface area contributed by atoms with Gasteiger partial charge in [0.05, 0.1) is 11.5 Å². The van der Waals surface area contributed by atoms with Gasteiger partial charge >= 0.3 is 0 Å². The van der Waals surface area contributed by atoms with Crippen molar-refractivity contribution < 1.29 is 0 Å². The van der Waals surface area contributed by atoms with E-state index in [-0.39, 0.29) is 5.41 Å². The summed E-state index contributed by atoms with van der Waals surface area (Å²) >= 11 is 1.89. The van der Waals surface area contributed by atoms with Crippen molar-refractivity contribution in [3.8, 4) is 6.07 Å². The Bertz CT molecular complexity index is 744. The van der Waals surface area contributed by atoms with Gasteiger partial charge in [0.25, 0.3) is 0 Å². The van der Waals surface area contributed by atoms with Crippen LogP contribution in [-0.4, -0.2) is 54.5 Å². The molecule has 0 bridgehead atoms. The third kappa shape index (κ3) is 2.88. The molecule has 25 heavy (non-hydrogen) atoms. The fraction of sp³-hybridized carbons (Fsp3) is 0.500. The molecule has 1 atom stereocenters. The van der Waals surface area contributed by atoms with Gasteiger partial charge in [0, 0.05) is 55.6 Å². The Hall–Kier alpha value is -1.77. The Labute approximate surface area is 154 Å². The van der Waals surface area contributed by atoms with Gasteiger partial charge < -0.3 is 9.80 Å². The molecule has 0 aromatic carbocycles. The molecule has 0 aromatic rings. The van der Waals surface area contributed by atoms with E-state index in [4.69, 9.17) is 10.3 Å². The second-order valence-corrected chi connectivity index (χ2v) is 7.94. The van der Waals surface area contributed by atoms with Crippen LogP contribution in [0, 0.1) is 16.7 Å². The predicted molar refractivity (Wildman–Crippen MR) is 104 cm³/mol. The SMILES string of the molecule is CCN1CCN(C2=CC=NC3=CCC(=CC#N)CC34CSC=C24)CC1. The summed E-state index contributed by atoms with van der Waals surface area (Å²) in [6, 6.07) is 2.22. The summed E-state index contributed by atoms with van der Waals surface area (Å²) in [6.45, 7) is 7.77. The molecular weight excluding hydrogens is 328 g/mol. The first-order valence-electron chi connectivity index (χ1n) is 9.09. The monoisotopic (exact) mass is 352 g/mol. The maximum atomic E-state index is 9.09. The zero-order valence-electron chi connectivity index (χ0n) is 14.7. The number of allylic oxidation sites excluding steroid dienone is 6. The number of hydrogen-bond acceptors (Lipinski definition) is 5. The van der Waals surface area contributed by atoms with E-state index in [1.165, 1.54) is 22.5 Å². The minimum Gasteiger partial charge on any atom is -0.369 e. The van der Waals surface area contributed by atoms with E-state index in [0.29, 0.717) is 0 Å². The van der Waals surface area contributed by atoms with Crippen LogP contribution in [0.2, 0.25) is 0 Å². The van der Waals surface area contributed by atoms with Crippen molar-refractivity contribution in [1.82, 2.24) is 9.80 Å². The highest BCUT2D eigenvalue weighted by Crippen LogP contribution is 2.56. The molecule has 4 aliphatic rings. The summed E-state index contributed by atoms with van der Waals surface area (Å²) < 4.78 is 0. The smallest absolute Gasteiger partial charge is 0.0911 e. The fourth-order valence-corrected chi connectivity index (χ4v) is 5.62. The lowest BCUT2D eigenvalue weighted by Crippen LogP contribution is -2.46. The normalized spacial score (nSPS) is 30.8. The zero-order valence-corrected chi connectivity index (χ0v) is 15.6. The van der Waals surface area contributed by atoms with Crippen LogP contribution in [0.3, 0.4) is 0 Å². The number of thioether (sulfide) groups is 1. The molecule has 5 heteroatoms. The fourth-order valence-electron chi connectivity index (χ4n) is 4.33. The van der Waals surface area contributed by atoms with Gasteiger partial charge in [0.2, 0.25) is 0 Å². The van der Waals surface area contributed by atoms with Crippen LogP contribution in [0.25, 0.3) is 0 Å². The number of piperazine rings is 1. The number of nitrogens with zero attached hydrogens (tertiary/aromatic N) is 4. The van der Waals surface area contributed by atoms with E-state index < -0.39 is 0 Å². The molecule has 1 spiro atoms. The van der Waals surface area contributed by atoms with Gasteiger partial charge in [-0.25, -0.2) is 0 Å². The lowest BCUT2D eigenvalue weighted by molar-refractivity contribution is 0.165. The van der Waals surface area contributed by atoms with Gasteiger partial charge in [-0.1, -0.05) is 18.6 Å². The average molecular weight is 353 g/mol. The largest absolute Gasteiger partial charge is 0.369 e. The van der Waals surface area contributed by atoms with E-state index >= 15 is 0 Å². The Kier molecular flexibility index (Phi) is 4.58. The Balaban J connectivity index is 1.67. The van der Waals surface area contributed by atoms with Crippen LogP contribution in [0.15, 0.2) is 51.2 Å². The average Bonchev–Trinajstić information content (AvgIpc) is 2.97. The van der Waals surface area contributed by atoms with Crippen molar-refractivity contribution in [3.63, 3.8) is 0 Å². The first-order chi connectivity index (χ1) is 12.3. The van der Waals surface area contributed by atoms with Crippen LogP contribution < -0.4 is 0 Å². The van der Waals surface area contributed by atoms with Gasteiger partial charge in [-0.05, 0) is 36.4 Å². The zero-order chi connectivity index (χ0) is 17.3. The summed E-state index contributed by atoms with van der Waals surface area (Å²) in [5, 5.41) is 11.4. The van der Waals surface area contributed by atoms with Crippen molar-refractivity contribution in [1.29, 1.82) is 5.26 Å². The molecule has 1 aliphatic carbocycles. The van der Waals surface area contributed by atoms with E-state index in [1.807, 2.05) is 18.0 Å². The molecule has 0 saturated carbocycles. The van der Waals surface area contributed by atoms with Crippen LogP contribution >= 0.6 is 11.8 Å². The van der Waals surface area contributed by atoms with Gasteiger partial charge in [-0.2, -0.15) is 5.26 Å². The molecule has 130 valence electrons. The standard InChI is InChI=1S/C20H24N4S/c1-2-23-9-11-24(12-10-23)18-6-8-22-19-4-3-16(5-7-21)13-20(19)15-25-14-17(18)20/h4-6,8,14H,2-3,9-13,15H2,1H3. The van der Waals surface area contributed by atoms with Crippen molar-refractivity contribution in [2.75, 3.05) is 38.5 Å². The van der Waals surface area contributed by atoms with E-state index in [0.717, 1.165) is 51.3 Å². The maximum Gasteiger partial charge on any atom is 0.0911 e. The van der Waals surface area contributed by atoms with E-state index in [2.05, 4.69) is 40.4 Å². The third-order valence-electron chi connectivity index (χ3n) is 5.77. The molecule has 4 nitrogen and oxygen atoms in total. The van der Waals surface area contributed by atoms with E-state index in [9.17, 15) is 0 Å². The molecule has 0 amide bonds.